The van der Waals surface area contributed by atoms with E-state index in [9.17, 15) is 0 Å². The zero-order valence-electron chi connectivity index (χ0n) is 11.9. The summed E-state index contributed by atoms with van der Waals surface area (Å²) in [6.45, 7) is 4.27. The van der Waals surface area contributed by atoms with E-state index in [2.05, 4.69) is 59.0 Å². The molecule has 2 aromatic heterocycles. The molecule has 0 fully saturated rings. The normalized spacial score (nSPS) is 11.0. The van der Waals surface area contributed by atoms with E-state index in [1.54, 1.807) is 23.1 Å². The van der Waals surface area contributed by atoms with Crippen LogP contribution in [0.2, 0.25) is 0 Å². The van der Waals surface area contributed by atoms with Gasteiger partial charge in [-0.25, -0.2) is 0 Å². The first-order valence-electron chi connectivity index (χ1n) is 6.37. The smallest absolute Gasteiger partial charge is 0.114 e. The second-order valence-corrected chi connectivity index (χ2v) is 7.53. The van der Waals surface area contributed by atoms with Crippen molar-refractivity contribution in [2.75, 3.05) is 6.26 Å². The third kappa shape index (κ3) is 2.65. The Hall–Kier alpha value is -0.820. The van der Waals surface area contributed by atoms with Crippen molar-refractivity contribution in [2.24, 2.45) is 0 Å². The predicted octanol–water partition coefficient (Wildman–Crippen LogP) is 5.82. The number of hydrogen-bond acceptors (Lipinski definition) is 6. The molecule has 0 unspecified atom stereocenters. The Morgan fingerprint density at radius 1 is 1.14 bits per heavy atom. The maximum Gasteiger partial charge on any atom is 0.114 e. The molecule has 21 heavy (non-hydrogen) atoms. The Labute approximate surface area is 142 Å². The lowest BCUT2D eigenvalue weighted by Gasteiger charge is -2.09. The molecule has 6 heteroatoms. The minimum absolute atomic E-state index is 0.975. The first-order chi connectivity index (χ1) is 10.1. The van der Waals surface area contributed by atoms with Crippen LogP contribution < -0.4 is 0 Å². The highest BCUT2D eigenvalue weighted by molar-refractivity contribution is 8.07. The van der Waals surface area contributed by atoms with Crippen molar-refractivity contribution < 1.29 is 0 Å². The number of fused-ring (bicyclic) bond motifs is 1. The zero-order valence-corrected chi connectivity index (χ0v) is 15.2. The molecule has 2 nitrogen and oxygen atoms in total. The summed E-state index contributed by atoms with van der Waals surface area (Å²) in [4.78, 5) is 3.43. The van der Waals surface area contributed by atoms with Crippen LogP contribution in [0.5, 0.6) is 0 Å². The number of rotatable bonds is 3. The standard InChI is InChI=1S/C15H14N2S4/c1-8(2)14(19-3)9-4-5-10(13-12(9)16-21-17-13)15-11(18)6-7-20-15/h4-7,18H,1-3H3. The van der Waals surface area contributed by atoms with E-state index in [-0.39, 0.29) is 0 Å². The lowest BCUT2D eigenvalue weighted by atomic mass is 10.1. The molecule has 0 saturated heterocycles. The van der Waals surface area contributed by atoms with Crippen molar-refractivity contribution in [3.8, 4) is 10.4 Å². The average molecular weight is 351 g/mol. The summed E-state index contributed by atoms with van der Waals surface area (Å²) in [5, 5.41) is 2.06. The quantitative estimate of drug-likeness (QED) is 0.602. The first-order valence-corrected chi connectivity index (χ1v) is 9.65. The Morgan fingerprint density at radius 3 is 2.52 bits per heavy atom. The molecule has 0 amide bonds. The summed E-state index contributed by atoms with van der Waals surface area (Å²) in [7, 11) is 0. The first kappa shape index (κ1) is 15.1. The van der Waals surface area contributed by atoms with Crippen molar-refractivity contribution in [1.29, 1.82) is 0 Å². The molecule has 3 aromatic rings. The van der Waals surface area contributed by atoms with Gasteiger partial charge in [0.2, 0.25) is 0 Å². The van der Waals surface area contributed by atoms with Gasteiger partial charge in [0.15, 0.2) is 0 Å². The third-order valence-electron chi connectivity index (χ3n) is 3.21. The van der Waals surface area contributed by atoms with E-state index in [1.807, 2.05) is 6.07 Å². The number of nitrogens with zero attached hydrogens (tertiary/aromatic N) is 2. The van der Waals surface area contributed by atoms with Crippen LogP contribution >= 0.6 is 47.5 Å². The molecule has 0 N–H and O–H groups in total. The molecule has 0 atom stereocenters. The minimum Gasteiger partial charge on any atom is -0.172 e. The molecule has 3 rings (SSSR count). The van der Waals surface area contributed by atoms with E-state index in [4.69, 9.17) is 0 Å². The average Bonchev–Trinajstić information content (AvgIpc) is 3.08. The van der Waals surface area contributed by atoms with Gasteiger partial charge in [-0.2, -0.15) is 8.75 Å². The summed E-state index contributed by atoms with van der Waals surface area (Å²) in [6.07, 6.45) is 2.10. The minimum atomic E-state index is 0.975. The van der Waals surface area contributed by atoms with Gasteiger partial charge in [0, 0.05) is 25.8 Å². The van der Waals surface area contributed by atoms with Gasteiger partial charge in [0.25, 0.3) is 0 Å². The van der Waals surface area contributed by atoms with Crippen molar-refractivity contribution in [1.82, 2.24) is 8.75 Å². The molecule has 108 valence electrons. The summed E-state index contributed by atoms with van der Waals surface area (Å²) in [5.41, 5.74) is 5.56. The van der Waals surface area contributed by atoms with Gasteiger partial charge < -0.3 is 0 Å². The Morgan fingerprint density at radius 2 is 1.90 bits per heavy atom. The van der Waals surface area contributed by atoms with Gasteiger partial charge in [-0.1, -0.05) is 17.7 Å². The maximum atomic E-state index is 4.54. The fourth-order valence-corrected chi connectivity index (χ4v) is 4.96. The van der Waals surface area contributed by atoms with Crippen LogP contribution in [0.15, 0.2) is 34.0 Å². The fourth-order valence-electron chi connectivity index (χ4n) is 2.32. The largest absolute Gasteiger partial charge is 0.172 e. The molecule has 0 spiro atoms. The lowest BCUT2D eigenvalue weighted by Crippen LogP contribution is -1.88. The van der Waals surface area contributed by atoms with Gasteiger partial charge >= 0.3 is 0 Å². The molecular formula is C15H14N2S4. The number of thiol groups is 1. The van der Waals surface area contributed by atoms with Gasteiger partial charge in [-0.05, 0) is 31.5 Å². The van der Waals surface area contributed by atoms with Crippen molar-refractivity contribution >= 4 is 63.4 Å². The van der Waals surface area contributed by atoms with Gasteiger partial charge in [0.05, 0.1) is 11.7 Å². The van der Waals surface area contributed by atoms with Crippen LogP contribution in [0.25, 0.3) is 26.4 Å². The third-order valence-corrected chi connectivity index (χ3v) is 6.24. The molecule has 0 aliphatic rings. The van der Waals surface area contributed by atoms with Gasteiger partial charge in [-0.3, -0.25) is 0 Å². The molecule has 0 radical (unpaired) electrons. The topological polar surface area (TPSA) is 25.8 Å². The molecule has 0 saturated carbocycles. The van der Waals surface area contributed by atoms with Crippen molar-refractivity contribution in [3.63, 3.8) is 0 Å². The fraction of sp³-hybridized carbons (Fsp3) is 0.200. The van der Waals surface area contributed by atoms with Crippen molar-refractivity contribution in [3.05, 3.63) is 34.7 Å². The lowest BCUT2D eigenvalue weighted by molar-refractivity contribution is 1.41. The zero-order chi connectivity index (χ0) is 15.0. The van der Waals surface area contributed by atoms with E-state index in [0.29, 0.717) is 0 Å². The van der Waals surface area contributed by atoms with Gasteiger partial charge in [0.1, 0.15) is 11.0 Å². The number of benzene rings is 1. The molecule has 0 aliphatic heterocycles. The number of hydrogen-bond donors (Lipinski definition) is 1. The number of allylic oxidation sites excluding steroid dienone is 1. The highest BCUT2D eigenvalue weighted by atomic mass is 32.2. The van der Waals surface area contributed by atoms with E-state index >= 15 is 0 Å². The maximum absolute atomic E-state index is 4.54. The molecule has 1 aromatic carbocycles. The van der Waals surface area contributed by atoms with Crippen LogP contribution in [0.3, 0.4) is 0 Å². The van der Waals surface area contributed by atoms with E-state index in [1.165, 1.54) is 27.8 Å². The molecule has 2 heterocycles. The van der Waals surface area contributed by atoms with Crippen LogP contribution in [0.4, 0.5) is 0 Å². The van der Waals surface area contributed by atoms with E-state index < -0.39 is 0 Å². The predicted molar refractivity (Wildman–Crippen MR) is 99.8 cm³/mol. The van der Waals surface area contributed by atoms with Crippen LogP contribution in [0.1, 0.15) is 19.4 Å². The SMILES string of the molecule is CSC(=C(C)C)c1ccc(-c2sccc2S)c2nsnc12. The van der Waals surface area contributed by atoms with E-state index in [0.717, 1.165) is 26.4 Å². The van der Waals surface area contributed by atoms with Crippen LogP contribution in [-0.4, -0.2) is 15.0 Å². The number of aromatic nitrogens is 2. The Bertz CT molecular complexity index is 825. The molecule has 0 aliphatic carbocycles. The second-order valence-electron chi connectivity index (χ2n) is 4.79. The molecule has 0 bridgehead atoms. The highest BCUT2D eigenvalue weighted by Crippen LogP contribution is 2.40. The monoisotopic (exact) mass is 350 g/mol. The van der Waals surface area contributed by atoms with Gasteiger partial charge in [-0.15, -0.1) is 35.7 Å². The second kappa shape index (κ2) is 6.12. The summed E-state index contributed by atoms with van der Waals surface area (Å²) in [5.74, 6) is 0. The van der Waals surface area contributed by atoms with Crippen LogP contribution in [-0.2, 0) is 0 Å². The number of thiophene rings is 1. The number of thioether (sulfide) groups is 1. The highest BCUT2D eigenvalue weighted by Gasteiger charge is 2.16. The Kier molecular flexibility index (Phi) is 4.40. The van der Waals surface area contributed by atoms with Crippen LogP contribution in [0, 0.1) is 0 Å². The molecular weight excluding hydrogens is 336 g/mol. The Balaban J connectivity index is 2.28. The van der Waals surface area contributed by atoms with Crippen molar-refractivity contribution in [2.45, 2.75) is 18.7 Å². The summed E-state index contributed by atoms with van der Waals surface area (Å²) in [6, 6.07) is 6.32. The summed E-state index contributed by atoms with van der Waals surface area (Å²) >= 11 is 9.26. The summed E-state index contributed by atoms with van der Waals surface area (Å²) < 4.78 is 9.06.